The van der Waals surface area contributed by atoms with Crippen LogP contribution in [-0.4, -0.2) is 187 Å². The van der Waals surface area contributed by atoms with Gasteiger partial charge in [0.05, 0.1) is 87.7 Å². The molecule has 1 fully saturated rings. The molecule has 0 spiro atoms. The molecule has 0 aliphatic carbocycles. The molecule has 2 aliphatic heterocycles. The molecule has 0 aromatic heterocycles. The van der Waals surface area contributed by atoms with Gasteiger partial charge in [0.1, 0.15) is 5.75 Å². The first-order chi connectivity index (χ1) is 34.0. The van der Waals surface area contributed by atoms with Crippen LogP contribution in [0.25, 0.3) is 0 Å². The molecule has 2 aliphatic rings. The van der Waals surface area contributed by atoms with Gasteiger partial charge in [-0.25, -0.2) is 8.42 Å². The third-order valence-corrected chi connectivity index (χ3v) is 15.6. The molecule has 0 radical (unpaired) electrons. The second kappa shape index (κ2) is 30.1. The molecule has 1 aromatic carbocycles. The Bertz CT molecular complexity index is 2070. The van der Waals surface area contributed by atoms with Crippen molar-refractivity contribution in [2.45, 2.75) is 122 Å². The first-order valence-electron chi connectivity index (χ1n) is 25.4. The van der Waals surface area contributed by atoms with Gasteiger partial charge in [-0.2, -0.15) is 0 Å². The van der Waals surface area contributed by atoms with Gasteiger partial charge in [0.25, 0.3) is 5.91 Å². The maximum atomic E-state index is 14.4. The smallest absolute Gasteiger partial charge is 0.251 e. The van der Waals surface area contributed by atoms with Gasteiger partial charge in [0, 0.05) is 70.1 Å². The number of sulfone groups is 1. The summed E-state index contributed by atoms with van der Waals surface area (Å²) >= 11 is 0. The number of likely N-dealkylation sites (tertiary alicyclic amines) is 1. The number of methoxy groups -OCH3 is 2. The number of carbonyl (C=O) groups is 6. The van der Waals surface area contributed by atoms with Gasteiger partial charge in [-0.05, 0) is 75.0 Å². The number of likely N-dealkylation sites (N-methyl/N-ethyl adjacent to an activating group) is 2. The third-order valence-electron chi connectivity index (χ3n) is 14.0. The monoisotopic (exact) mass is 1030 g/mol. The van der Waals surface area contributed by atoms with Gasteiger partial charge in [0.2, 0.25) is 17.7 Å². The van der Waals surface area contributed by atoms with Crippen molar-refractivity contribution in [1.29, 1.82) is 0 Å². The fourth-order valence-electron chi connectivity index (χ4n) is 9.78. The van der Waals surface area contributed by atoms with Crippen molar-refractivity contribution in [1.82, 2.24) is 19.6 Å². The van der Waals surface area contributed by atoms with Crippen LogP contribution in [0.15, 0.2) is 53.6 Å². The summed E-state index contributed by atoms with van der Waals surface area (Å²) in [6.45, 7) is 19.9. The molecule has 0 saturated carbocycles. The van der Waals surface area contributed by atoms with Crippen molar-refractivity contribution in [2.75, 3.05) is 99.2 Å². The highest BCUT2D eigenvalue weighted by atomic mass is 32.2. The third kappa shape index (κ3) is 17.9. The van der Waals surface area contributed by atoms with Gasteiger partial charge < -0.3 is 43.7 Å². The molecule has 1 saturated heterocycles. The molecule has 19 heteroatoms. The predicted octanol–water partition coefficient (Wildman–Crippen LogP) is 5.06. The zero-order valence-electron chi connectivity index (χ0n) is 45.1. The topological polar surface area (TPSA) is 208 Å². The number of rotatable bonds is 34. The van der Waals surface area contributed by atoms with Crippen LogP contribution in [0.2, 0.25) is 0 Å². The minimum atomic E-state index is -4.10. The molecule has 3 rings (SSSR count). The van der Waals surface area contributed by atoms with Crippen LogP contribution in [0.5, 0.6) is 0 Å². The van der Waals surface area contributed by atoms with E-state index in [1.54, 1.807) is 29.8 Å². The van der Waals surface area contributed by atoms with E-state index < -0.39 is 57.5 Å². The van der Waals surface area contributed by atoms with Gasteiger partial charge in [-0.1, -0.05) is 61.5 Å². The molecule has 0 unspecified atom stereocenters. The van der Waals surface area contributed by atoms with E-state index in [1.807, 2.05) is 60.5 Å². The van der Waals surface area contributed by atoms with Crippen molar-refractivity contribution < 1.29 is 60.9 Å². The highest BCUT2D eigenvalue weighted by Gasteiger charge is 2.43. The Morgan fingerprint density at radius 2 is 1.43 bits per heavy atom. The Hall–Kier alpha value is -4.37. The van der Waals surface area contributed by atoms with Gasteiger partial charge >= 0.3 is 0 Å². The SMILES string of the molecule is C=C1C=CC(=O)N1CCOCCOCCOCCC(=O)Nc1ccc(S(=O)(=O)CC(=O)[C@H](C)[C@@H](OC)[C@@H]2CCCN2C(=O)C[C@@H](OC)[C@H]([C@@H](C)CC)N(C)C(=O)[C@@H](CC(=O)[C@H](C(C)C)N(C)C)C(C)C)cc1. The average Bonchev–Trinajstić information content (AvgIpc) is 3.94. The molecule has 4 amide bonds. The largest absolute Gasteiger partial charge is 0.379 e. The highest BCUT2D eigenvalue weighted by Crippen LogP contribution is 2.32. The molecule has 18 nitrogen and oxygen atoms in total. The number of ketones is 2. The Kier molecular flexibility index (Phi) is 25.9. The Morgan fingerprint density at radius 1 is 0.819 bits per heavy atom. The van der Waals surface area contributed by atoms with Crippen LogP contribution in [-0.2, 0) is 62.3 Å². The van der Waals surface area contributed by atoms with E-state index in [0.717, 1.165) is 0 Å². The lowest BCUT2D eigenvalue weighted by molar-refractivity contribution is -0.149. The second-order valence-corrected chi connectivity index (χ2v) is 22.0. The van der Waals surface area contributed by atoms with Crippen molar-refractivity contribution in [2.24, 2.45) is 29.6 Å². The van der Waals surface area contributed by atoms with Crippen LogP contribution in [0.1, 0.15) is 87.0 Å². The first kappa shape index (κ1) is 61.9. The average molecular weight is 1030 g/mol. The van der Waals surface area contributed by atoms with Crippen LogP contribution in [0, 0.1) is 29.6 Å². The number of ether oxygens (including phenoxy) is 5. The Labute approximate surface area is 429 Å². The summed E-state index contributed by atoms with van der Waals surface area (Å²) in [4.78, 5) is 87.1. The van der Waals surface area contributed by atoms with E-state index >= 15 is 0 Å². The highest BCUT2D eigenvalue weighted by molar-refractivity contribution is 7.92. The number of allylic oxidation sites excluding steroid dienone is 1. The first-order valence-corrected chi connectivity index (χ1v) is 27.0. The number of hydrogen-bond donors (Lipinski definition) is 1. The van der Waals surface area contributed by atoms with E-state index in [9.17, 15) is 37.2 Å². The van der Waals surface area contributed by atoms with Gasteiger partial charge in [-0.3, -0.25) is 33.7 Å². The zero-order valence-corrected chi connectivity index (χ0v) is 45.9. The molecular weight excluding hydrogens is 947 g/mol. The van der Waals surface area contributed by atoms with Crippen molar-refractivity contribution in [3.8, 4) is 0 Å². The molecular formula is C53H85N5O13S. The minimum Gasteiger partial charge on any atom is -0.379 e. The zero-order chi connectivity index (χ0) is 53.9. The van der Waals surface area contributed by atoms with Crippen LogP contribution in [0.4, 0.5) is 5.69 Å². The quantitative estimate of drug-likeness (QED) is 0.0897. The lowest BCUT2D eigenvalue weighted by atomic mass is 9.83. The van der Waals surface area contributed by atoms with Gasteiger partial charge in [0.15, 0.2) is 21.4 Å². The summed E-state index contributed by atoms with van der Waals surface area (Å²) in [7, 11) is 4.36. The van der Waals surface area contributed by atoms with Gasteiger partial charge in [-0.15, -0.1) is 0 Å². The van der Waals surface area contributed by atoms with E-state index in [4.69, 9.17) is 23.7 Å². The standard InChI is InChI=1S/C53H85N5O13S/c1-14-37(6)51(56(11)53(64)42(35(2)3)32-44(59)50(36(4)5)55(9)10)46(67-12)33-49(63)58-24-15-16-43(58)52(68-13)39(8)45(60)34-72(65,66)41-20-18-40(19-21-41)54-47(61)23-26-69-28-30-71-31-29-70-27-25-57-38(7)17-22-48(57)62/h17-22,35-37,39,42-43,46,50-52H,7,14-16,23-34H2,1-6,8-13H3,(H,54,61)/t37-,39-,42-,43-,46+,50-,51-,52+/m0/s1. The summed E-state index contributed by atoms with van der Waals surface area (Å²) < 4.78 is 55.5. The van der Waals surface area contributed by atoms with Crippen LogP contribution < -0.4 is 5.32 Å². The maximum absolute atomic E-state index is 14.4. The van der Waals surface area contributed by atoms with Crippen LogP contribution >= 0.6 is 0 Å². The van der Waals surface area contributed by atoms with Crippen molar-refractivity contribution in [3.63, 3.8) is 0 Å². The molecule has 0 bridgehead atoms. The van der Waals surface area contributed by atoms with Crippen LogP contribution in [0.3, 0.4) is 0 Å². The number of hydrogen-bond acceptors (Lipinski definition) is 14. The van der Waals surface area contributed by atoms with E-state index in [1.165, 1.54) is 49.5 Å². The summed E-state index contributed by atoms with van der Waals surface area (Å²) in [5.41, 5.74) is 1.01. The number of nitrogens with one attached hydrogen (secondary N) is 1. The number of nitrogens with zero attached hydrogens (tertiary/aromatic N) is 4. The lowest BCUT2D eigenvalue weighted by Crippen LogP contribution is -2.54. The summed E-state index contributed by atoms with van der Waals surface area (Å²) in [5, 5.41) is 2.72. The summed E-state index contributed by atoms with van der Waals surface area (Å²) in [6, 6.07) is 4.26. The van der Waals surface area contributed by atoms with E-state index in [-0.39, 0.29) is 90.6 Å². The summed E-state index contributed by atoms with van der Waals surface area (Å²) in [6.07, 6.45) is 3.65. The predicted molar refractivity (Wildman–Crippen MR) is 276 cm³/mol. The number of amides is 4. The fraction of sp³-hybridized carbons (Fsp3) is 0.698. The van der Waals surface area contributed by atoms with E-state index in [0.29, 0.717) is 70.2 Å². The number of Topliss-reactive ketones (excluding diaryl/α,β-unsaturated/α-hetero) is 2. The lowest BCUT2D eigenvalue weighted by Gasteiger charge is -2.41. The minimum absolute atomic E-state index is 0.0119. The molecule has 1 N–H and O–H groups in total. The van der Waals surface area contributed by atoms with Crippen molar-refractivity contribution >= 4 is 50.7 Å². The molecule has 1 aromatic rings. The number of benzene rings is 1. The second-order valence-electron chi connectivity index (χ2n) is 20.0. The van der Waals surface area contributed by atoms with Crippen molar-refractivity contribution in [3.05, 3.63) is 48.7 Å². The van der Waals surface area contributed by atoms with E-state index in [2.05, 4.69) is 11.9 Å². The Balaban J connectivity index is 1.54. The number of carbonyl (C=O) groups excluding carboxylic acids is 6. The molecule has 2 heterocycles. The molecule has 8 atom stereocenters. The Morgan fingerprint density at radius 3 is 1.96 bits per heavy atom. The fourth-order valence-corrected chi connectivity index (χ4v) is 11.1. The molecule has 72 heavy (non-hydrogen) atoms. The molecule has 406 valence electrons. The normalized spacial score (nSPS) is 18.1. The number of anilines is 1. The summed E-state index contributed by atoms with van der Waals surface area (Å²) in [5.74, 6) is -3.75. The maximum Gasteiger partial charge on any atom is 0.251 e.